The van der Waals surface area contributed by atoms with E-state index in [1.165, 1.54) is 0 Å². The molecule has 68 valence electrons. The summed E-state index contributed by atoms with van der Waals surface area (Å²) in [4.78, 5) is 15.5. The van der Waals surface area contributed by atoms with Gasteiger partial charge in [0.1, 0.15) is 5.69 Å². The molecular weight excluding hydrogens is 166 g/mol. The van der Waals surface area contributed by atoms with Gasteiger partial charge >= 0.3 is 0 Å². The molecule has 0 bridgehead atoms. The van der Waals surface area contributed by atoms with E-state index in [0.717, 1.165) is 6.42 Å². The van der Waals surface area contributed by atoms with E-state index in [1.807, 2.05) is 0 Å². The van der Waals surface area contributed by atoms with Gasteiger partial charge in [0.05, 0.1) is 6.10 Å². The van der Waals surface area contributed by atoms with Crippen molar-refractivity contribution in [1.29, 1.82) is 0 Å². The highest BCUT2D eigenvalue weighted by molar-refractivity contribution is 5.95. The Kier molecular flexibility index (Phi) is 2.10. The molecule has 0 aromatic carbocycles. The summed E-state index contributed by atoms with van der Waals surface area (Å²) in [6, 6.07) is 3.52. The van der Waals surface area contributed by atoms with E-state index in [9.17, 15) is 9.90 Å². The number of aliphatic hydroxyl groups is 1. The van der Waals surface area contributed by atoms with Gasteiger partial charge in [-0.15, -0.1) is 0 Å². The molecule has 3 nitrogen and oxygen atoms in total. The molecule has 0 saturated carbocycles. The third kappa shape index (κ3) is 1.47. The largest absolute Gasteiger partial charge is 0.388 e. The summed E-state index contributed by atoms with van der Waals surface area (Å²) in [6.07, 6.45) is 2.98. The topological polar surface area (TPSA) is 50.2 Å². The Morgan fingerprint density at radius 1 is 1.54 bits per heavy atom. The molecule has 0 saturated heterocycles. The highest BCUT2D eigenvalue weighted by Crippen LogP contribution is 2.26. The zero-order chi connectivity index (χ0) is 9.26. The number of aromatic nitrogens is 1. The van der Waals surface area contributed by atoms with Gasteiger partial charge in [0.2, 0.25) is 0 Å². The minimum Gasteiger partial charge on any atom is -0.388 e. The predicted molar refractivity (Wildman–Crippen MR) is 47.4 cm³/mol. The second-order valence-corrected chi connectivity index (χ2v) is 3.27. The maximum atomic E-state index is 11.5. The van der Waals surface area contributed by atoms with E-state index >= 15 is 0 Å². The Morgan fingerprint density at radius 2 is 2.38 bits per heavy atom. The van der Waals surface area contributed by atoms with Gasteiger partial charge in [-0.25, -0.2) is 0 Å². The van der Waals surface area contributed by atoms with Crippen LogP contribution in [0.3, 0.4) is 0 Å². The molecule has 1 aromatic rings. The van der Waals surface area contributed by atoms with E-state index in [4.69, 9.17) is 0 Å². The molecule has 2 rings (SSSR count). The summed E-state index contributed by atoms with van der Waals surface area (Å²) in [6.45, 7) is 0. The van der Waals surface area contributed by atoms with Crippen LogP contribution in [0, 0.1) is 0 Å². The number of nitrogens with zero attached hydrogens (tertiary/aromatic N) is 1. The number of carbonyl (C=O) groups is 1. The van der Waals surface area contributed by atoms with Gasteiger partial charge in [0, 0.05) is 18.2 Å². The number of fused-ring (bicyclic) bond motifs is 1. The molecule has 1 aromatic heterocycles. The predicted octanol–water partition coefficient (Wildman–Crippen LogP) is 1.48. The lowest BCUT2D eigenvalue weighted by molar-refractivity contribution is 0.0977. The number of Topliss-reactive ketones (excluding diaryl/α,β-unsaturated/α-hetero) is 1. The van der Waals surface area contributed by atoms with Crippen molar-refractivity contribution in [3.8, 4) is 0 Å². The average molecular weight is 177 g/mol. The first-order valence-electron chi connectivity index (χ1n) is 4.45. The minimum atomic E-state index is -0.518. The van der Waals surface area contributed by atoms with Crippen molar-refractivity contribution in [2.75, 3.05) is 0 Å². The quantitative estimate of drug-likeness (QED) is 0.611. The molecule has 1 N–H and O–H groups in total. The molecule has 1 aliphatic carbocycles. The second-order valence-electron chi connectivity index (χ2n) is 3.27. The molecule has 0 radical (unpaired) electrons. The maximum absolute atomic E-state index is 11.5. The summed E-state index contributed by atoms with van der Waals surface area (Å²) < 4.78 is 0. The molecule has 0 aliphatic heterocycles. The SMILES string of the molecule is O=C1CCC[C@@H](O)c2cccnc21. The number of hydrogen-bond donors (Lipinski definition) is 1. The van der Waals surface area contributed by atoms with Gasteiger partial charge in [-0.1, -0.05) is 6.07 Å². The molecule has 1 heterocycles. The van der Waals surface area contributed by atoms with Crippen LogP contribution >= 0.6 is 0 Å². The Bertz CT molecular complexity index is 335. The van der Waals surface area contributed by atoms with E-state index < -0.39 is 6.10 Å². The molecule has 0 amide bonds. The van der Waals surface area contributed by atoms with Crippen LogP contribution in [0.2, 0.25) is 0 Å². The lowest BCUT2D eigenvalue weighted by atomic mass is 10.1. The van der Waals surface area contributed by atoms with Crippen molar-refractivity contribution in [2.24, 2.45) is 0 Å². The van der Waals surface area contributed by atoms with Crippen molar-refractivity contribution < 1.29 is 9.90 Å². The molecule has 0 spiro atoms. The van der Waals surface area contributed by atoms with E-state index in [-0.39, 0.29) is 5.78 Å². The van der Waals surface area contributed by atoms with Crippen LogP contribution in [0.25, 0.3) is 0 Å². The summed E-state index contributed by atoms with van der Waals surface area (Å²) in [5.74, 6) is 0.0483. The molecule has 1 atom stereocenters. The standard InChI is InChI=1S/C10H11NO2/c12-8-4-1-5-9(13)10-7(8)3-2-6-11-10/h2-3,6,8,12H,1,4-5H2/t8-/m1/s1. The van der Waals surface area contributed by atoms with Crippen LogP contribution < -0.4 is 0 Å². The maximum Gasteiger partial charge on any atom is 0.181 e. The van der Waals surface area contributed by atoms with E-state index in [1.54, 1.807) is 18.3 Å². The van der Waals surface area contributed by atoms with Crippen LogP contribution in [-0.2, 0) is 0 Å². The average Bonchev–Trinajstić information content (AvgIpc) is 2.29. The number of pyridine rings is 1. The summed E-state index contributed by atoms with van der Waals surface area (Å²) in [5.41, 5.74) is 1.14. The summed E-state index contributed by atoms with van der Waals surface area (Å²) in [7, 11) is 0. The van der Waals surface area contributed by atoms with Crippen LogP contribution in [0.1, 0.15) is 41.4 Å². The van der Waals surface area contributed by atoms with Crippen molar-refractivity contribution in [3.63, 3.8) is 0 Å². The highest BCUT2D eigenvalue weighted by atomic mass is 16.3. The second kappa shape index (κ2) is 3.26. The number of ketones is 1. The summed E-state index contributed by atoms with van der Waals surface area (Å²) in [5, 5.41) is 9.67. The Hall–Kier alpha value is -1.22. The van der Waals surface area contributed by atoms with Crippen LogP contribution in [-0.4, -0.2) is 15.9 Å². The van der Waals surface area contributed by atoms with Crippen molar-refractivity contribution >= 4 is 5.78 Å². The van der Waals surface area contributed by atoms with Crippen molar-refractivity contribution in [1.82, 2.24) is 4.98 Å². The van der Waals surface area contributed by atoms with Crippen LogP contribution in [0.5, 0.6) is 0 Å². The number of carbonyl (C=O) groups excluding carboxylic acids is 1. The van der Waals surface area contributed by atoms with E-state index in [0.29, 0.717) is 24.1 Å². The van der Waals surface area contributed by atoms with Crippen molar-refractivity contribution in [2.45, 2.75) is 25.4 Å². The van der Waals surface area contributed by atoms with Gasteiger partial charge in [0.25, 0.3) is 0 Å². The smallest absolute Gasteiger partial charge is 0.181 e. The fraction of sp³-hybridized carbons (Fsp3) is 0.400. The number of hydrogen-bond acceptors (Lipinski definition) is 3. The molecule has 0 fully saturated rings. The lowest BCUT2D eigenvalue weighted by Gasteiger charge is -2.08. The van der Waals surface area contributed by atoms with Crippen LogP contribution in [0.15, 0.2) is 18.3 Å². The highest BCUT2D eigenvalue weighted by Gasteiger charge is 2.21. The third-order valence-electron chi connectivity index (χ3n) is 2.34. The van der Waals surface area contributed by atoms with Gasteiger partial charge in [0.15, 0.2) is 5.78 Å². The van der Waals surface area contributed by atoms with E-state index in [2.05, 4.69) is 4.98 Å². The summed E-state index contributed by atoms with van der Waals surface area (Å²) >= 11 is 0. The molecule has 1 aliphatic rings. The zero-order valence-corrected chi connectivity index (χ0v) is 7.23. The monoisotopic (exact) mass is 177 g/mol. The van der Waals surface area contributed by atoms with Crippen LogP contribution in [0.4, 0.5) is 0 Å². The Morgan fingerprint density at radius 3 is 3.23 bits per heavy atom. The van der Waals surface area contributed by atoms with Gasteiger partial charge in [-0.2, -0.15) is 0 Å². The van der Waals surface area contributed by atoms with Crippen molar-refractivity contribution in [3.05, 3.63) is 29.6 Å². The first kappa shape index (κ1) is 8.38. The number of aliphatic hydroxyl groups excluding tert-OH is 1. The number of rotatable bonds is 0. The Labute approximate surface area is 76.4 Å². The fourth-order valence-electron chi connectivity index (χ4n) is 1.65. The first-order chi connectivity index (χ1) is 6.29. The minimum absolute atomic E-state index is 0.0483. The zero-order valence-electron chi connectivity index (χ0n) is 7.23. The normalized spacial score (nSPS) is 22.2. The molecular formula is C10H11NO2. The van der Waals surface area contributed by atoms with Gasteiger partial charge < -0.3 is 5.11 Å². The molecule has 13 heavy (non-hydrogen) atoms. The third-order valence-corrected chi connectivity index (χ3v) is 2.34. The lowest BCUT2D eigenvalue weighted by Crippen LogP contribution is -2.05. The van der Waals surface area contributed by atoms with Gasteiger partial charge in [-0.3, -0.25) is 9.78 Å². The Balaban J connectivity index is 2.51. The molecule has 3 heteroatoms. The van der Waals surface area contributed by atoms with Gasteiger partial charge in [-0.05, 0) is 18.9 Å². The molecule has 0 unspecified atom stereocenters. The first-order valence-corrected chi connectivity index (χ1v) is 4.45. The fourth-order valence-corrected chi connectivity index (χ4v) is 1.65.